The van der Waals surface area contributed by atoms with E-state index in [-0.39, 0.29) is 16.2 Å². The predicted octanol–water partition coefficient (Wildman–Crippen LogP) is 6.90. The summed E-state index contributed by atoms with van der Waals surface area (Å²) in [5.41, 5.74) is 1.78. The summed E-state index contributed by atoms with van der Waals surface area (Å²) < 4.78 is 39.3. The fraction of sp³-hybridized carbons (Fsp3) is 0.409. The van der Waals surface area contributed by atoms with E-state index < -0.39 is 11.7 Å². The van der Waals surface area contributed by atoms with Crippen molar-refractivity contribution >= 4 is 34.6 Å². The first-order valence-electron chi connectivity index (χ1n) is 9.68. The second-order valence-electron chi connectivity index (χ2n) is 7.75. The second-order valence-corrected chi connectivity index (χ2v) is 8.56. The topological polar surface area (TPSA) is 24.1 Å². The molecule has 0 unspecified atom stereocenters. The normalized spacial score (nSPS) is 15.9. The van der Waals surface area contributed by atoms with Crippen LogP contribution in [0.2, 0.25) is 5.02 Å². The number of thiocarbonyl (C=S) groups is 1. The third-order valence-corrected chi connectivity index (χ3v) is 5.98. The summed E-state index contributed by atoms with van der Waals surface area (Å²) in [6, 6.07) is 12.2. The van der Waals surface area contributed by atoms with E-state index in [1.165, 1.54) is 23.3 Å². The van der Waals surface area contributed by atoms with Crippen LogP contribution in [-0.4, -0.2) is 10.7 Å². The molecule has 0 atom stereocenters. The van der Waals surface area contributed by atoms with Crippen LogP contribution in [0.1, 0.15) is 48.8 Å². The summed E-state index contributed by atoms with van der Waals surface area (Å²) in [5, 5.41) is 6.32. The zero-order valence-electron chi connectivity index (χ0n) is 16.2. The largest absolute Gasteiger partial charge is 0.417 e. The Morgan fingerprint density at radius 2 is 1.86 bits per heavy atom. The molecule has 1 aliphatic rings. The smallest absolute Gasteiger partial charge is 0.357 e. The molecule has 2 aromatic carbocycles. The van der Waals surface area contributed by atoms with Gasteiger partial charge in [0.25, 0.3) is 0 Å². The zero-order chi connectivity index (χ0) is 21.1. The number of alkyl halides is 3. The minimum Gasteiger partial charge on any atom is -0.357 e. The van der Waals surface area contributed by atoms with Crippen LogP contribution in [0.15, 0.2) is 42.5 Å². The molecule has 156 valence electrons. The Kier molecular flexibility index (Phi) is 6.74. The summed E-state index contributed by atoms with van der Waals surface area (Å²) in [6.07, 6.45) is 1.56. The van der Waals surface area contributed by atoms with E-state index in [0.29, 0.717) is 5.11 Å². The maximum Gasteiger partial charge on any atom is 0.417 e. The molecule has 0 radical (unpaired) electrons. The van der Waals surface area contributed by atoms with Crippen LogP contribution in [0.3, 0.4) is 0 Å². The number of hydrogen-bond acceptors (Lipinski definition) is 1. The van der Waals surface area contributed by atoms with E-state index in [1.807, 2.05) is 0 Å². The minimum absolute atomic E-state index is 0.132. The van der Waals surface area contributed by atoms with Gasteiger partial charge in [0.1, 0.15) is 0 Å². The van der Waals surface area contributed by atoms with E-state index in [4.69, 9.17) is 23.8 Å². The Bertz CT molecular complexity index is 877. The molecular formula is C22H24ClF3N2S. The number of anilines is 1. The first-order chi connectivity index (χ1) is 13.7. The summed E-state index contributed by atoms with van der Waals surface area (Å²) in [5.74, 6) is 0. The predicted molar refractivity (Wildman–Crippen MR) is 117 cm³/mol. The lowest BCUT2D eigenvalue weighted by Crippen LogP contribution is -2.48. The van der Waals surface area contributed by atoms with Gasteiger partial charge in [0.15, 0.2) is 5.11 Å². The van der Waals surface area contributed by atoms with Gasteiger partial charge in [0.05, 0.1) is 10.6 Å². The highest BCUT2D eigenvalue weighted by atomic mass is 35.5. The van der Waals surface area contributed by atoms with Gasteiger partial charge >= 0.3 is 6.18 Å². The third kappa shape index (κ3) is 5.86. The van der Waals surface area contributed by atoms with Gasteiger partial charge in [0, 0.05) is 11.2 Å². The Morgan fingerprint density at radius 3 is 2.52 bits per heavy atom. The standard InChI is InChI=1S/C22H24ClF3N2S/c1-15-5-4-6-16(13-15)9-12-21(10-2-3-11-21)28-20(29)27-17-7-8-19(23)18(14-17)22(24,25)26/h4-8,13-14H,2-3,9-12H2,1H3,(H2,27,28,29). The van der Waals surface area contributed by atoms with E-state index in [2.05, 4.69) is 41.8 Å². The van der Waals surface area contributed by atoms with E-state index in [1.54, 1.807) is 0 Å². The van der Waals surface area contributed by atoms with Crippen molar-refractivity contribution in [1.29, 1.82) is 0 Å². The van der Waals surface area contributed by atoms with Crippen molar-refractivity contribution in [3.63, 3.8) is 0 Å². The first kappa shape index (κ1) is 21.9. The van der Waals surface area contributed by atoms with E-state index >= 15 is 0 Å². The lowest BCUT2D eigenvalue weighted by Gasteiger charge is -2.32. The average molecular weight is 441 g/mol. The quantitative estimate of drug-likeness (QED) is 0.494. The van der Waals surface area contributed by atoms with Crippen molar-refractivity contribution in [3.8, 4) is 0 Å². The molecule has 2 N–H and O–H groups in total. The van der Waals surface area contributed by atoms with Gasteiger partial charge in [-0.2, -0.15) is 13.2 Å². The highest BCUT2D eigenvalue weighted by Crippen LogP contribution is 2.37. The molecule has 3 rings (SSSR count). The molecular weight excluding hydrogens is 417 g/mol. The Hall–Kier alpha value is -1.79. The van der Waals surface area contributed by atoms with Crippen LogP contribution < -0.4 is 10.6 Å². The summed E-state index contributed by atoms with van der Waals surface area (Å²) >= 11 is 11.1. The highest BCUT2D eigenvalue weighted by molar-refractivity contribution is 7.80. The lowest BCUT2D eigenvalue weighted by molar-refractivity contribution is -0.137. The van der Waals surface area contributed by atoms with Crippen molar-refractivity contribution in [2.24, 2.45) is 0 Å². The van der Waals surface area contributed by atoms with E-state index in [0.717, 1.165) is 44.6 Å². The fourth-order valence-electron chi connectivity index (χ4n) is 3.96. The monoisotopic (exact) mass is 440 g/mol. The Labute approximate surface area is 179 Å². The number of rotatable bonds is 5. The van der Waals surface area contributed by atoms with Crippen LogP contribution in [0.25, 0.3) is 0 Å². The maximum absolute atomic E-state index is 13.1. The van der Waals surface area contributed by atoms with Crippen molar-refractivity contribution < 1.29 is 13.2 Å². The number of aryl methyl sites for hydroxylation is 2. The molecule has 0 aliphatic heterocycles. The molecule has 1 fully saturated rings. The maximum atomic E-state index is 13.1. The molecule has 1 saturated carbocycles. The molecule has 0 amide bonds. The van der Waals surface area contributed by atoms with Crippen molar-refractivity contribution in [3.05, 3.63) is 64.2 Å². The van der Waals surface area contributed by atoms with Gasteiger partial charge in [-0.1, -0.05) is 54.3 Å². The van der Waals surface area contributed by atoms with Gasteiger partial charge in [-0.25, -0.2) is 0 Å². The molecule has 0 heterocycles. The van der Waals surface area contributed by atoms with Crippen LogP contribution >= 0.6 is 23.8 Å². The third-order valence-electron chi connectivity index (χ3n) is 5.44. The molecule has 2 nitrogen and oxygen atoms in total. The van der Waals surface area contributed by atoms with Crippen molar-refractivity contribution in [1.82, 2.24) is 5.32 Å². The van der Waals surface area contributed by atoms with Gasteiger partial charge in [-0.15, -0.1) is 0 Å². The summed E-state index contributed by atoms with van der Waals surface area (Å²) in [6.45, 7) is 2.08. The molecule has 7 heteroatoms. The number of hydrogen-bond donors (Lipinski definition) is 2. The lowest BCUT2D eigenvalue weighted by atomic mass is 9.89. The minimum atomic E-state index is -4.51. The fourth-order valence-corrected chi connectivity index (χ4v) is 4.52. The molecule has 1 aliphatic carbocycles. The average Bonchev–Trinajstić information content (AvgIpc) is 3.09. The van der Waals surface area contributed by atoms with Gasteiger partial charge in [0.2, 0.25) is 0 Å². The highest BCUT2D eigenvalue weighted by Gasteiger charge is 2.35. The number of halogens is 4. The first-order valence-corrected chi connectivity index (χ1v) is 10.5. The SMILES string of the molecule is Cc1cccc(CCC2(NC(=S)Nc3ccc(Cl)c(C(F)(F)F)c3)CCCC2)c1. The molecule has 29 heavy (non-hydrogen) atoms. The number of nitrogens with one attached hydrogen (secondary N) is 2. The number of benzene rings is 2. The van der Waals surface area contributed by atoms with Gasteiger partial charge in [-0.3, -0.25) is 0 Å². The van der Waals surface area contributed by atoms with Crippen LogP contribution in [-0.2, 0) is 12.6 Å². The second kappa shape index (κ2) is 8.92. The van der Waals surface area contributed by atoms with Gasteiger partial charge in [-0.05, 0) is 68.6 Å². The summed E-state index contributed by atoms with van der Waals surface area (Å²) in [7, 11) is 0. The van der Waals surface area contributed by atoms with E-state index in [9.17, 15) is 13.2 Å². The molecule has 0 aromatic heterocycles. The van der Waals surface area contributed by atoms with Gasteiger partial charge < -0.3 is 10.6 Å². The molecule has 0 spiro atoms. The Morgan fingerprint density at radius 1 is 1.14 bits per heavy atom. The zero-order valence-corrected chi connectivity index (χ0v) is 17.8. The molecule has 0 bridgehead atoms. The van der Waals surface area contributed by atoms with Crippen LogP contribution in [0, 0.1) is 6.92 Å². The van der Waals surface area contributed by atoms with Crippen molar-refractivity contribution in [2.45, 2.75) is 57.2 Å². The van der Waals surface area contributed by atoms with Crippen molar-refractivity contribution in [2.75, 3.05) is 5.32 Å². The van der Waals surface area contributed by atoms with Crippen LogP contribution in [0.4, 0.5) is 18.9 Å². The summed E-state index contributed by atoms with van der Waals surface area (Å²) in [4.78, 5) is 0. The Balaban J connectivity index is 1.67. The molecule has 2 aromatic rings. The van der Waals surface area contributed by atoms with Crippen LogP contribution in [0.5, 0.6) is 0 Å². The molecule has 0 saturated heterocycles.